The minimum Gasteiger partial charge on any atom is -0.352 e. The molecule has 0 atom stereocenters. The molecule has 0 spiro atoms. The van der Waals surface area contributed by atoms with Crippen molar-refractivity contribution < 1.29 is 4.79 Å². The lowest BCUT2D eigenvalue weighted by molar-refractivity contribution is 0.0953. The van der Waals surface area contributed by atoms with Gasteiger partial charge < -0.3 is 5.32 Å². The van der Waals surface area contributed by atoms with E-state index in [0.717, 1.165) is 21.8 Å². The number of unbranched alkanes of at least 4 members (excludes halogenated alkanes) is 1. The molecular formula is C11H12Br2ClNO. The van der Waals surface area contributed by atoms with Gasteiger partial charge in [-0.1, -0.05) is 31.9 Å². The molecule has 0 aliphatic carbocycles. The van der Waals surface area contributed by atoms with Gasteiger partial charge >= 0.3 is 0 Å². The standard InChI is InChI=1S/C11H12Br2ClNO/c12-9-5-8(6-10(13)7-9)11(16)15-4-2-1-3-14/h5-7H,1-4H2,(H,15,16). The highest BCUT2D eigenvalue weighted by Crippen LogP contribution is 2.19. The SMILES string of the molecule is O=C(NCCCCCl)c1cc(Br)cc(Br)c1. The summed E-state index contributed by atoms with van der Waals surface area (Å²) in [5, 5.41) is 2.85. The van der Waals surface area contributed by atoms with Gasteiger partial charge in [0.2, 0.25) is 0 Å². The maximum Gasteiger partial charge on any atom is 0.251 e. The maximum absolute atomic E-state index is 11.7. The van der Waals surface area contributed by atoms with Crippen molar-refractivity contribution >= 4 is 49.4 Å². The molecule has 1 amide bonds. The molecular weight excluding hydrogens is 357 g/mol. The number of carbonyl (C=O) groups is 1. The Hall–Kier alpha value is -0.0600. The lowest BCUT2D eigenvalue weighted by Gasteiger charge is -2.05. The first-order valence-electron chi connectivity index (χ1n) is 4.93. The molecule has 1 N–H and O–H groups in total. The highest BCUT2D eigenvalue weighted by atomic mass is 79.9. The van der Waals surface area contributed by atoms with Gasteiger partial charge in [0.25, 0.3) is 5.91 Å². The number of nitrogens with one attached hydrogen (secondary N) is 1. The first kappa shape index (κ1) is 14.0. The molecule has 88 valence electrons. The van der Waals surface area contributed by atoms with E-state index in [1.807, 2.05) is 6.07 Å². The van der Waals surface area contributed by atoms with Crippen molar-refractivity contribution in [1.29, 1.82) is 0 Å². The van der Waals surface area contributed by atoms with Crippen LogP contribution in [0.5, 0.6) is 0 Å². The zero-order valence-electron chi connectivity index (χ0n) is 8.60. The summed E-state index contributed by atoms with van der Waals surface area (Å²) < 4.78 is 1.76. The second-order valence-electron chi connectivity index (χ2n) is 3.31. The number of benzene rings is 1. The Bertz CT molecular complexity index is 351. The van der Waals surface area contributed by atoms with E-state index >= 15 is 0 Å². The Kier molecular flexibility index (Phi) is 6.39. The zero-order valence-corrected chi connectivity index (χ0v) is 12.5. The number of hydrogen-bond donors (Lipinski definition) is 1. The van der Waals surface area contributed by atoms with Crippen LogP contribution in [0.1, 0.15) is 23.2 Å². The number of carbonyl (C=O) groups excluding carboxylic acids is 1. The summed E-state index contributed by atoms with van der Waals surface area (Å²) in [6, 6.07) is 5.48. The molecule has 0 aliphatic rings. The minimum atomic E-state index is -0.0587. The molecule has 0 saturated heterocycles. The first-order chi connectivity index (χ1) is 7.63. The van der Waals surface area contributed by atoms with Gasteiger partial charge in [0.1, 0.15) is 0 Å². The van der Waals surface area contributed by atoms with Crippen LogP contribution in [0, 0.1) is 0 Å². The van der Waals surface area contributed by atoms with Gasteiger partial charge in [-0.25, -0.2) is 0 Å². The van der Waals surface area contributed by atoms with E-state index in [1.165, 1.54) is 0 Å². The van der Waals surface area contributed by atoms with Gasteiger partial charge in [0.15, 0.2) is 0 Å². The molecule has 0 heterocycles. The van der Waals surface area contributed by atoms with E-state index < -0.39 is 0 Å². The predicted molar refractivity (Wildman–Crippen MR) is 74.1 cm³/mol. The fourth-order valence-electron chi connectivity index (χ4n) is 1.21. The van der Waals surface area contributed by atoms with E-state index in [4.69, 9.17) is 11.6 Å². The number of halogens is 3. The number of rotatable bonds is 5. The topological polar surface area (TPSA) is 29.1 Å². The fraction of sp³-hybridized carbons (Fsp3) is 0.364. The van der Waals surface area contributed by atoms with Gasteiger partial charge in [0.05, 0.1) is 0 Å². The average molecular weight is 369 g/mol. The highest BCUT2D eigenvalue weighted by Gasteiger charge is 2.06. The van der Waals surface area contributed by atoms with Crippen molar-refractivity contribution in [3.05, 3.63) is 32.7 Å². The molecule has 0 bridgehead atoms. The number of amides is 1. The molecule has 1 aromatic rings. The minimum absolute atomic E-state index is 0.0587. The third kappa shape index (κ3) is 4.85. The van der Waals surface area contributed by atoms with Crippen molar-refractivity contribution in [2.75, 3.05) is 12.4 Å². The average Bonchev–Trinajstić information content (AvgIpc) is 2.22. The monoisotopic (exact) mass is 367 g/mol. The van der Waals surface area contributed by atoms with Crippen LogP contribution in [0.3, 0.4) is 0 Å². The Balaban J connectivity index is 2.52. The third-order valence-corrected chi connectivity index (χ3v) is 3.15. The summed E-state index contributed by atoms with van der Waals surface area (Å²) in [7, 11) is 0. The van der Waals surface area contributed by atoms with E-state index in [1.54, 1.807) is 12.1 Å². The predicted octanol–water partition coefficient (Wildman–Crippen LogP) is 3.96. The Morgan fingerprint density at radius 1 is 1.19 bits per heavy atom. The van der Waals surface area contributed by atoms with Gasteiger partial charge in [0, 0.05) is 26.9 Å². The zero-order chi connectivity index (χ0) is 12.0. The van der Waals surface area contributed by atoms with Crippen LogP contribution in [0.15, 0.2) is 27.1 Å². The smallest absolute Gasteiger partial charge is 0.251 e. The summed E-state index contributed by atoms with van der Waals surface area (Å²) in [6.07, 6.45) is 1.83. The molecule has 16 heavy (non-hydrogen) atoms. The molecule has 0 aromatic heterocycles. The Labute approximate surface area is 117 Å². The van der Waals surface area contributed by atoms with Crippen LogP contribution < -0.4 is 5.32 Å². The molecule has 0 fully saturated rings. The van der Waals surface area contributed by atoms with Crippen LogP contribution in [0.4, 0.5) is 0 Å². The molecule has 1 aromatic carbocycles. The molecule has 5 heteroatoms. The second kappa shape index (κ2) is 7.30. The summed E-state index contributed by atoms with van der Waals surface area (Å²) in [5.74, 6) is 0.578. The van der Waals surface area contributed by atoms with Crippen LogP contribution in [0.25, 0.3) is 0 Å². The second-order valence-corrected chi connectivity index (χ2v) is 5.52. The number of hydrogen-bond acceptors (Lipinski definition) is 1. The third-order valence-electron chi connectivity index (χ3n) is 1.97. The van der Waals surface area contributed by atoms with Gasteiger partial charge in [-0.05, 0) is 31.0 Å². The van der Waals surface area contributed by atoms with Crippen LogP contribution in [-0.2, 0) is 0 Å². The largest absolute Gasteiger partial charge is 0.352 e. The van der Waals surface area contributed by atoms with Gasteiger partial charge in [-0.15, -0.1) is 11.6 Å². The van der Waals surface area contributed by atoms with Crippen LogP contribution in [-0.4, -0.2) is 18.3 Å². The van der Waals surface area contributed by atoms with Gasteiger partial charge in [-0.2, -0.15) is 0 Å². The summed E-state index contributed by atoms with van der Waals surface area (Å²) in [6.45, 7) is 0.662. The summed E-state index contributed by atoms with van der Waals surface area (Å²) >= 11 is 12.2. The molecule has 0 unspecified atom stereocenters. The normalized spacial score (nSPS) is 10.2. The van der Waals surface area contributed by atoms with Crippen molar-refractivity contribution in [1.82, 2.24) is 5.32 Å². The van der Waals surface area contributed by atoms with Crippen LogP contribution >= 0.6 is 43.5 Å². The fourth-order valence-corrected chi connectivity index (χ4v) is 2.69. The molecule has 0 radical (unpaired) electrons. The summed E-state index contributed by atoms with van der Waals surface area (Å²) in [5.41, 5.74) is 0.645. The Morgan fingerprint density at radius 3 is 2.38 bits per heavy atom. The molecule has 1 rings (SSSR count). The summed E-state index contributed by atoms with van der Waals surface area (Å²) in [4.78, 5) is 11.7. The molecule has 0 saturated carbocycles. The quantitative estimate of drug-likeness (QED) is 0.618. The van der Waals surface area contributed by atoms with Crippen molar-refractivity contribution in [2.24, 2.45) is 0 Å². The first-order valence-corrected chi connectivity index (χ1v) is 7.06. The van der Waals surface area contributed by atoms with Crippen molar-refractivity contribution in [2.45, 2.75) is 12.8 Å². The molecule has 2 nitrogen and oxygen atoms in total. The lowest BCUT2D eigenvalue weighted by atomic mass is 10.2. The lowest BCUT2D eigenvalue weighted by Crippen LogP contribution is -2.24. The maximum atomic E-state index is 11.7. The van der Waals surface area contributed by atoms with E-state index in [2.05, 4.69) is 37.2 Å². The number of alkyl halides is 1. The molecule has 0 aliphatic heterocycles. The van der Waals surface area contributed by atoms with Gasteiger partial charge in [-0.3, -0.25) is 4.79 Å². The van der Waals surface area contributed by atoms with Crippen molar-refractivity contribution in [3.63, 3.8) is 0 Å². The highest BCUT2D eigenvalue weighted by molar-refractivity contribution is 9.11. The van der Waals surface area contributed by atoms with E-state index in [0.29, 0.717) is 18.0 Å². The van der Waals surface area contributed by atoms with E-state index in [-0.39, 0.29) is 5.91 Å². The van der Waals surface area contributed by atoms with Crippen LogP contribution in [0.2, 0.25) is 0 Å². The Morgan fingerprint density at radius 2 is 1.81 bits per heavy atom. The van der Waals surface area contributed by atoms with E-state index in [9.17, 15) is 4.79 Å². The van der Waals surface area contributed by atoms with Crippen molar-refractivity contribution in [3.8, 4) is 0 Å².